The van der Waals surface area contributed by atoms with Crippen molar-refractivity contribution in [2.75, 3.05) is 26.4 Å². The lowest BCUT2D eigenvalue weighted by molar-refractivity contribution is 0.0957. The van der Waals surface area contributed by atoms with Crippen LogP contribution in [-0.4, -0.2) is 68.5 Å². The van der Waals surface area contributed by atoms with Gasteiger partial charge in [-0.15, -0.1) is 0 Å². The Labute approximate surface area is 255 Å². The number of aromatic nitrogens is 5. The third-order valence-electron chi connectivity index (χ3n) is 9.60. The van der Waals surface area contributed by atoms with Gasteiger partial charge in [0.1, 0.15) is 12.2 Å². The highest BCUT2D eigenvalue weighted by atomic mass is 16.5. The third kappa shape index (κ3) is 4.42. The number of carbonyl (C=O) groups is 1. The highest BCUT2D eigenvalue weighted by Gasteiger charge is 2.49. The summed E-state index contributed by atoms with van der Waals surface area (Å²) in [4.78, 5) is 24.2. The number of likely N-dealkylation sites (N-methyl/N-ethyl adjacent to an activating group) is 1. The number of nitrogens with two attached hydrogens (primary N) is 1. The molecule has 4 heterocycles. The molecule has 1 aromatic carbocycles. The summed E-state index contributed by atoms with van der Waals surface area (Å²) in [5, 5.41) is 21.7. The maximum atomic E-state index is 12.2. The molecule has 226 valence electrons. The van der Waals surface area contributed by atoms with Crippen LogP contribution in [0.1, 0.15) is 77.5 Å². The molecule has 0 saturated carbocycles. The van der Waals surface area contributed by atoms with Gasteiger partial charge in [-0.2, -0.15) is 15.3 Å². The highest BCUT2D eigenvalue weighted by Crippen LogP contribution is 2.54. The molecule has 3 atom stereocenters. The fraction of sp³-hybridized carbons (Fsp3) is 0.438. The predicted octanol–water partition coefficient (Wildman–Crippen LogP) is 3.56. The molecule has 1 spiro atoms. The summed E-state index contributed by atoms with van der Waals surface area (Å²) in [6.45, 7) is 3.09. The van der Waals surface area contributed by atoms with E-state index in [1.807, 2.05) is 12.1 Å². The lowest BCUT2D eigenvalue weighted by Crippen LogP contribution is -2.38. The molecule has 4 aromatic rings. The second-order valence-electron chi connectivity index (χ2n) is 12.1. The summed E-state index contributed by atoms with van der Waals surface area (Å²) in [7, 11) is 3.68. The number of ether oxygens (including phenoxy) is 1. The van der Waals surface area contributed by atoms with Gasteiger partial charge in [0.05, 0.1) is 11.0 Å². The largest absolute Gasteiger partial charge is 0.473 e. The van der Waals surface area contributed by atoms with Gasteiger partial charge >= 0.3 is 0 Å². The van der Waals surface area contributed by atoms with Crippen LogP contribution in [0.4, 0.5) is 5.69 Å². The summed E-state index contributed by atoms with van der Waals surface area (Å²) >= 11 is 0. The van der Waals surface area contributed by atoms with E-state index in [9.17, 15) is 10.1 Å². The van der Waals surface area contributed by atoms with Crippen LogP contribution in [0.5, 0.6) is 5.88 Å². The Hall–Kier alpha value is -4.76. The van der Waals surface area contributed by atoms with Crippen molar-refractivity contribution in [3.8, 4) is 29.3 Å². The van der Waals surface area contributed by atoms with E-state index in [4.69, 9.17) is 25.0 Å². The number of rotatable bonds is 6. The van der Waals surface area contributed by atoms with Crippen molar-refractivity contribution in [3.05, 3.63) is 64.2 Å². The van der Waals surface area contributed by atoms with Gasteiger partial charge in [-0.05, 0) is 88.7 Å². The lowest BCUT2D eigenvalue weighted by atomic mass is 9.68. The zero-order valence-electron chi connectivity index (χ0n) is 25.1. The van der Waals surface area contributed by atoms with Crippen LogP contribution in [-0.2, 0) is 18.3 Å². The van der Waals surface area contributed by atoms with E-state index in [1.165, 1.54) is 4.68 Å². The summed E-state index contributed by atoms with van der Waals surface area (Å²) in [6.07, 6.45) is 7.88. The third-order valence-corrected chi connectivity index (χ3v) is 9.60. The molecule has 1 fully saturated rings. The first-order valence-corrected chi connectivity index (χ1v) is 15.2. The maximum absolute atomic E-state index is 12.2. The van der Waals surface area contributed by atoms with Gasteiger partial charge in [0.2, 0.25) is 5.88 Å². The van der Waals surface area contributed by atoms with Crippen LogP contribution >= 0.6 is 0 Å². The van der Waals surface area contributed by atoms with E-state index in [2.05, 4.69) is 40.5 Å². The predicted molar refractivity (Wildman–Crippen MR) is 161 cm³/mol. The number of likely N-dealkylation sites (tertiary alicyclic amines) is 1. The summed E-state index contributed by atoms with van der Waals surface area (Å²) in [5.41, 5.74) is 10.7. The molecule has 3 aliphatic rings. The Morgan fingerprint density at radius 3 is 2.89 bits per heavy atom. The molecule has 44 heavy (non-hydrogen) atoms. The molecule has 3 N–H and O–H groups in total. The quantitative estimate of drug-likeness (QED) is 0.316. The van der Waals surface area contributed by atoms with Gasteiger partial charge in [-0.25, -0.2) is 9.67 Å². The fourth-order valence-electron chi connectivity index (χ4n) is 7.46. The maximum Gasteiger partial charge on any atom is 0.271 e. The smallest absolute Gasteiger partial charge is 0.271 e. The number of hydrogen-bond donors (Lipinski definition) is 2. The Morgan fingerprint density at radius 1 is 1.25 bits per heavy atom. The van der Waals surface area contributed by atoms with Crippen molar-refractivity contribution in [1.82, 2.24) is 35.1 Å². The first-order valence-electron chi connectivity index (χ1n) is 15.2. The first-order chi connectivity index (χ1) is 21.3. The average molecular weight is 594 g/mol. The molecule has 1 amide bonds. The molecule has 0 radical (unpaired) electrons. The minimum atomic E-state index is -0.475. The van der Waals surface area contributed by atoms with Gasteiger partial charge in [0, 0.05) is 36.6 Å². The van der Waals surface area contributed by atoms with E-state index >= 15 is 0 Å². The molecule has 0 bridgehead atoms. The lowest BCUT2D eigenvalue weighted by Gasteiger charge is -2.33. The number of anilines is 1. The van der Waals surface area contributed by atoms with Gasteiger partial charge in [0.25, 0.3) is 5.91 Å². The van der Waals surface area contributed by atoms with E-state index in [1.54, 1.807) is 25.4 Å². The minimum Gasteiger partial charge on any atom is -0.473 e. The first kappa shape index (κ1) is 28.0. The van der Waals surface area contributed by atoms with Gasteiger partial charge in [-0.3, -0.25) is 9.69 Å². The van der Waals surface area contributed by atoms with Gasteiger partial charge < -0.3 is 20.3 Å². The molecule has 12 nitrogen and oxygen atoms in total. The highest BCUT2D eigenvalue weighted by molar-refractivity contribution is 5.91. The van der Waals surface area contributed by atoms with Crippen molar-refractivity contribution in [1.29, 1.82) is 5.26 Å². The normalized spacial score (nSPS) is 21.5. The Balaban J connectivity index is 1.33. The van der Waals surface area contributed by atoms with E-state index in [0.29, 0.717) is 34.5 Å². The molecule has 0 unspecified atom stereocenters. The summed E-state index contributed by atoms with van der Waals surface area (Å²) in [6, 6.07) is 9.85. The van der Waals surface area contributed by atoms with E-state index in [0.717, 1.165) is 73.9 Å². The number of nitrogen functional groups attached to an aromatic ring is 1. The number of hydrogen-bond acceptors (Lipinski definition) is 10. The van der Waals surface area contributed by atoms with Crippen molar-refractivity contribution in [2.45, 2.75) is 69.4 Å². The number of nitrogens with zero attached hydrogens (tertiary/aromatic N) is 7. The summed E-state index contributed by atoms with van der Waals surface area (Å²) in [5.74, 6) is 1.66. The molecule has 1 aliphatic heterocycles. The zero-order chi connectivity index (χ0) is 30.6. The average Bonchev–Trinajstić information content (AvgIpc) is 3.84. The Morgan fingerprint density at radius 2 is 2.11 bits per heavy atom. The molecule has 7 rings (SSSR count). The second-order valence-corrected chi connectivity index (χ2v) is 12.1. The van der Waals surface area contributed by atoms with Crippen molar-refractivity contribution >= 4 is 11.6 Å². The monoisotopic (exact) mass is 593 g/mol. The van der Waals surface area contributed by atoms with Crippen LogP contribution in [0.15, 0.2) is 35.0 Å². The second kappa shape index (κ2) is 10.7. The zero-order valence-corrected chi connectivity index (χ0v) is 25.1. The summed E-state index contributed by atoms with van der Waals surface area (Å²) < 4.78 is 14.2. The van der Waals surface area contributed by atoms with Crippen LogP contribution in [0, 0.1) is 11.3 Å². The molecule has 2 aliphatic carbocycles. The molecule has 12 heteroatoms. The van der Waals surface area contributed by atoms with E-state index < -0.39 is 5.41 Å². The number of carbonyl (C=O) groups excluding carboxylic acids is 1. The molecule has 3 aromatic heterocycles. The van der Waals surface area contributed by atoms with Crippen LogP contribution < -0.4 is 15.8 Å². The van der Waals surface area contributed by atoms with Crippen LogP contribution in [0.3, 0.4) is 0 Å². The molecule has 1 saturated heterocycles. The topological polar surface area (TPSA) is 161 Å². The molecular formula is C32H35N9O3. The number of benzene rings is 1. The molecular weight excluding hydrogens is 558 g/mol. The van der Waals surface area contributed by atoms with Crippen molar-refractivity contribution < 1.29 is 14.1 Å². The van der Waals surface area contributed by atoms with Gasteiger partial charge in [0.15, 0.2) is 28.8 Å². The number of aryl methyl sites for hydroxylation is 1. The number of nitrogens with one attached hydrogen (secondary N) is 1. The number of amides is 1. The minimum absolute atomic E-state index is 0.114. The Bertz CT molecular complexity index is 1800. The number of fused-ring (bicyclic) bond motifs is 4. The fourth-order valence-corrected chi connectivity index (χ4v) is 7.46. The van der Waals surface area contributed by atoms with Crippen LogP contribution in [0.2, 0.25) is 0 Å². The van der Waals surface area contributed by atoms with E-state index in [-0.39, 0.29) is 23.7 Å². The standard InChI is InChI=1S/C32H35N9O3/c1-18(24-7-5-14-40(24)3)43-26-16-25(41-15-11-23(38-41)31(42)35-2)36-30(37-26)28-20-6-4-12-32(29(20)44-39-28)13-10-19-8-9-22(34)21(17-33)27(19)32/h8-9,11,15-16,18,24H,4-7,10,12-14,34H2,1-3H3,(H,35,42)/t18-,24-,32+/m0/s1. The van der Waals surface area contributed by atoms with Crippen molar-refractivity contribution in [3.63, 3.8) is 0 Å². The SMILES string of the molecule is CNC(=O)c1ccn(-c2cc(O[C@@H](C)[C@@H]3CCCN3C)nc(-c3noc4c3CCC[C@]43CCc4ccc(N)c(C#N)c43)n2)n1. The van der Waals surface area contributed by atoms with Crippen LogP contribution in [0.25, 0.3) is 17.3 Å². The van der Waals surface area contributed by atoms with Gasteiger partial charge in [-0.1, -0.05) is 11.2 Å². The number of nitriles is 1. The Kier molecular flexibility index (Phi) is 6.85. The van der Waals surface area contributed by atoms with Crippen molar-refractivity contribution in [2.24, 2.45) is 0 Å².